The average Bonchev–Trinajstić information content (AvgIpc) is 2.72. The van der Waals surface area contributed by atoms with Gasteiger partial charge in [0.1, 0.15) is 0 Å². The lowest BCUT2D eigenvalue weighted by atomic mass is 10.1. The molecule has 0 atom stereocenters. The van der Waals surface area contributed by atoms with Gasteiger partial charge in [0.15, 0.2) is 0 Å². The van der Waals surface area contributed by atoms with Crippen LogP contribution in [0.1, 0.15) is 77.0 Å². The summed E-state index contributed by atoms with van der Waals surface area (Å²) in [6.45, 7) is 8.25. The van der Waals surface area contributed by atoms with Crippen LogP contribution in [0.4, 0.5) is 0 Å². The first-order chi connectivity index (χ1) is 13.7. The van der Waals surface area contributed by atoms with Crippen molar-refractivity contribution < 1.29 is 9.59 Å². The highest BCUT2D eigenvalue weighted by Gasteiger charge is 2.11. The zero-order valence-electron chi connectivity index (χ0n) is 18.7. The Morgan fingerprint density at radius 2 is 0.933 bits per heavy atom. The van der Waals surface area contributed by atoms with Crippen LogP contribution in [0.5, 0.6) is 0 Å². The largest absolute Gasteiger partial charge is 0.355 e. The van der Waals surface area contributed by atoms with Gasteiger partial charge in [0.25, 0.3) is 0 Å². The Hall–Kier alpha value is -0.560. The molecule has 2 N–H and O–H groups in total. The Bertz CT molecular complexity index is 403. The van der Waals surface area contributed by atoms with Crippen molar-refractivity contribution in [3.8, 4) is 0 Å². The number of hydrogen-bond acceptors (Lipinski definition) is 4. The van der Waals surface area contributed by atoms with E-state index in [9.17, 15) is 9.59 Å². The molecule has 0 unspecified atom stereocenters. The number of carbonyl (C=O) groups excluding carboxylic acids is 2. The number of halogens is 2. The zero-order valence-corrected chi connectivity index (χ0v) is 20.3. The number of rotatable bonds is 13. The minimum Gasteiger partial charge on any atom is -0.355 e. The van der Waals surface area contributed by atoms with Crippen LogP contribution in [-0.2, 0) is 9.59 Å². The Morgan fingerprint density at radius 1 is 0.567 bits per heavy atom. The number of nitrogens with one attached hydrogen (secondary N) is 2. The van der Waals surface area contributed by atoms with Gasteiger partial charge >= 0.3 is 0 Å². The van der Waals surface area contributed by atoms with E-state index in [1.807, 2.05) is 0 Å². The lowest BCUT2D eigenvalue weighted by Gasteiger charge is -2.26. The molecule has 0 bridgehead atoms. The Balaban J connectivity index is 0.00000420. The first-order valence-electron chi connectivity index (χ1n) is 11.7. The molecule has 2 rings (SSSR count). The van der Waals surface area contributed by atoms with E-state index in [4.69, 9.17) is 0 Å². The molecule has 0 aromatic heterocycles. The minimum atomic E-state index is 0. The van der Waals surface area contributed by atoms with E-state index in [0.29, 0.717) is 12.8 Å². The minimum absolute atomic E-state index is 0. The lowest BCUT2D eigenvalue weighted by Crippen LogP contribution is -2.37. The topological polar surface area (TPSA) is 64.7 Å². The first kappa shape index (κ1) is 29.4. The highest BCUT2D eigenvalue weighted by atomic mass is 35.5. The molecule has 2 amide bonds. The normalized spacial score (nSPS) is 17.5. The summed E-state index contributed by atoms with van der Waals surface area (Å²) in [5.41, 5.74) is 0. The molecule has 6 nitrogen and oxygen atoms in total. The molecule has 178 valence electrons. The third kappa shape index (κ3) is 14.4. The molecule has 8 heteroatoms. The fourth-order valence-electron chi connectivity index (χ4n) is 4.17. The number of carbonyl (C=O) groups is 2. The van der Waals surface area contributed by atoms with Crippen LogP contribution < -0.4 is 10.6 Å². The monoisotopic (exact) mass is 466 g/mol. The van der Waals surface area contributed by atoms with E-state index in [-0.39, 0.29) is 36.6 Å². The van der Waals surface area contributed by atoms with Crippen LogP contribution in [0, 0.1) is 0 Å². The summed E-state index contributed by atoms with van der Waals surface area (Å²) in [5, 5.41) is 6.08. The van der Waals surface area contributed by atoms with Gasteiger partial charge in [-0.05, 0) is 64.7 Å². The number of nitrogens with zero attached hydrogens (tertiary/aromatic N) is 2. The Kier molecular flexibility index (Phi) is 18.8. The Morgan fingerprint density at radius 3 is 1.30 bits per heavy atom. The maximum Gasteiger partial charge on any atom is 0.220 e. The molecule has 2 saturated heterocycles. The molecule has 2 fully saturated rings. The predicted octanol–water partition coefficient (Wildman–Crippen LogP) is 3.37. The molecule has 0 aromatic rings. The van der Waals surface area contributed by atoms with Gasteiger partial charge in [-0.3, -0.25) is 9.59 Å². The molecule has 30 heavy (non-hydrogen) atoms. The summed E-state index contributed by atoms with van der Waals surface area (Å²) in [6, 6.07) is 0. The smallest absolute Gasteiger partial charge is 0.220 e. The van der Waals surface area contributed by atoms with Crippen molar-refractivity contribution in [2.75, 3.05) is 52.4 Å². The highest BCUT2D eigenvalue weighted by Crippen LogP contribution is 2.09. The maximum atomic E-state index is 11.9. The van der Waals surface area contributed by atoms with Crippen LogP contribution in [0.2, 0.25) is 0 Å². The standard InChI is InChI=1S/C22H42N4O2.2ClH/c27-21(23-13-19-25-15-7-3-8-16-25)11-5-1-2-6-12-22(28)24-14-20-26-17-9-4-10-18-26;;/h1-20H2,(H,23,27)(H,24,28);2*1H. The van der Waals surface area contributed by atoms with Gasteiger partial charge in [-0.1, -0.05) is 25.7 Å². The molecule has 0 aliphatic carbocycles. The van der Waals surface area contributed by atoms with E-state index in [2.05, 4.69) is 20.4 Å². The third-order valence-electron chi connectivity index (χ3n) is 5.96. The predicted molar refractivity (Wildman–Crippen MR) is 129 cm³/mol. The molecule has 2 aliphatic rings. The van der Waals surface area contributed by atoms with Gasteiger partial charge in [0, 0.05) is 39.0 Å². The highest BCUT2D eigenvalue weighted by molar-refractivity contribution is 5.85. The van der Waals surface area contributed by atoms with Gasteiger partial charge in [-0.25, -0.2) is 0 Å². The van der Waals surface area contributed by atoms with Gasteiger partial charge in [0.2, 0.25) is 11.8 Å². The molecular weight excluding hydrogens is 423 g/mol. The van der Waals surface area contributed by atoms with Crippen molar-refractivity contribution >= 4 is 36.6 Å². The van der Waals surface area contributed by atoms with Crippen LogP contribution >= 0.6 is 24.8 Å². The van der Waals surface area contributed by atoms with Gasteiger partial charge < -0.3 is 20.4 Å². The fraction of sp³-hybridized carbons (Fsp3) is 0.909. The van der Waals surface area contributed by atoms with Gasteiger partial charge in [0.05, 0.1) is 0 Å². The molecule has 0 saturated carbocycles. The summed E-state index contributed by atoms with van der Waals surface area (Å²) in [7, 11) is 0. The number of piperidine rings is 2. The van der Waals surface area contributed by atoms with Crippen LogP contribution in [0.3, 0.4) is 0 Å². The van der Waals surface area contributed by atoms with E-state index < -0.39 is 0 Å². The zero-order chi connectivity index (χ0) is 19.9. The van der Waals surface area contributed by atoms with Crippen LogP contribution in [0.15, 0.2) is 0 Å². The summed E-state index contributed by atoms with van der Waals surface area (Å²) < 4.78 is 0. The van der Waals surface area contributed by atoms with Crippen molar-refractivity contribution in [1.29, 1.82) is 0 Å². The van der Waals surface area contributed by atoms with Gasteiger partial charge in [-0.15, -0.1) is 24.8 Å². The second-order valence-corrected chi connectivity index (χ2v) is 8.42. The second kappa shape index (κ2) is 19.1. The van der Waals surface area contributed by atoms with Crippen LogP contribution in [-0.4, -0.2) is 74.0 Å². The lowest BCUT2D eigenvalue weighted by molar-refractivity contribution is -0.122. The van der Waals surface area contributed by atoms with Crippen molar-refractivity contribution in [2.24, 2.45) is 0 Å². The Labute approximate surface area is 196 Å². The molecule has 2 heterocycles. The summed E-state index contributed by atoms with van der Waals surface area (Å²) >= 11 is 0. The van der Waals surface area contributed by atoms with E-state index in [0.717, 1.165) is 51.9 Å². The molecule has 0 spiro atoms. The average molecular weight is 468 g/mol. The number of unbranched alkanes of at least 4 members (excludes halogenated alkanes) is 3. The van der Waals surface area contributed by atoms with Crippen LogP contribution in [0.25, 0.3) is 0 Å². The molecule has 0 radical (unpaired) electrons. The molecule has 2 aliphatic heterocycles. The number of likely N-dealkylation sites (tertiary alicyclic amines) is 2. The third-order valence-corrected chi connectivity index (χ3v) is 5.96. The SMILES string of the molecule is Cl.Cl.O=C(CCCCCCC(=O)NCCN1CCCCC1)NCCN1CCCCC1. The summed E-state index contributed by atoms with van der Waals surface area (Å²) in [5.74, 6) is 0.347. The number of hydrogen-bond donors (Lipinski definition) is 2. The fourth-order valence-corrected chi connectivity index (χ4v) is 4.17. The van der Waals surface area contributed by atoms with Crippen molar-refractivity contribution in [1.82, 2.24) is 20.4 Å². The van der Waals surface area contributed by atoms with Gasteiger partial charge in [-0.2, -0.15) is 0 Å². The molecular formula is C22H44Cl2N4O2. The molecule has 0 aromatic carbocycles. The van der Waals surface area contributed by atoms with Crippen molar-refractivity contribution in [2.45, 2.75) is 77.0 Å². The van der Waals surface area contributed by atoms with Crippen molar-refractivity contribution in [3.05, 3.63) is 0 Å². The summed E-state index contributed by atoms with van der Waals surface area (Å²) in [6.07, 6.45) is 13.0. The van der Waals surface area contributed by atoms with Crippen molar-refractivity contribution in [3.63, 3.8) is 0 Å². The number of amides is 2. The summed E-state index contributed by atoms with van der Waals surface area (Å²) in [4.78, 5) is 28.6. The van der Waals surface area contributed by atoms with E-state index in [1.54, 1.807) is 0 Å². The van der Waals surface area contributed by atoms with E-state index in [1.165, 1.54) is 64.7 Å². The first-order valence-corrected chi connectivity index (χ1v) is 11.7. The second-order valence-electron chi connectivity index (χ2n) is 8.42. The maximum absolute atomic E-state index is 11.9. The quantitative estimate of drug-likeness (QED) is 0.408. The van der Waals surface area contributed by atoms with E-state index >= 15 is 0 Å².